The first kappa shape index (κ1) is 11.7. The number of aryl methyl sites for hydroxylation is 1. The highest BCUT2D eigenvalue weighted by molar-refractivity contribution is 7.99. The van der Waals surface area contributed by atoms with E-state index in [1.165, 1.54) is 25.0 Å². The van der Waals surface area contributed by atoms with Crippen molar-refractivity contribution >= 4 is 17.6 Å². The minimum atomic E-state index is 0.451. The first-order chi connectivity index (χ1) is 7.83. The van der Waals surface area contributed by atoms with Crippen molar-refractivity contribution in [3.63, 3.8) is 0 Å². The molecule has 1 atom stereocenters. The number of nitrogens with two attached hydrogens (primary N) is 1. The third kappa shape index (κ3) is 2.65. The average Bonchev–Trinajstić information content (AvgIpc) is 2.39. The molecule has 1 aromatic heterocycles. The van der Waals surface area contributed by atoms with Crippen LogP contribution in [-0.2, 0) is 6.42 Å². The van der Waals surface area contributed by atoms with Crippen LogP contribution in [0.2, 0.25) is 0 Å². The van der Waals surface area contributed by atoms with Crippen molar-refractivity contribution in [3.8, 4) is 0 Å². The second kappa shape index (κ2) is 5.50. The van der Waals surface area contributed by atoms with Crippen molar-refractivity contribution < 1.29 is 0 Å². The first-order valence-corrected chi connectivity index (χ1v) is 6.84. The maximum atomic E-state index is 5.42. The summed E-state index contributed by atoms with van der Waals surface area (Å²) < 4.78 is 0. The van der Waals surface area contributed by atoms with Crippen molar-refractivity contribution in [2.75, 3.05) is 11.2 Å². The highest BCUT2D eigenvalue weighted by atomic mass is 32.2. The quantitative estimate of drug-likeness (QED) is 0.625. The molecule has 16 heavy (non-hydrogen) atoms. The number of nitrogen functional groups attached to an aromatic ring is 1. The lowest BCUT2D eigenvalue weighted by Gasteiger charge is -2.20. The van der Waals surface area contributed by atoms with Crippen LogP contribution < -0.4 is 11.3 Å². The van der Waals surface area contributed by atoms with Crippen LogP contribution in [-0.4, -0.2) is 15.7 Å². The molecule has 0 aromatic carbocycles. The van der Waals surface area contributed by atoms with Gasteiger partial charge >= 0.3 is 0 Å². The van der Waals surface area contributed by atoms with E-state index in [2.05, 4.69) is 22.3 Å². The molecule has 5 heteroatoms. The number of aromatic nitrogens is 2. The lowest BCUT2D eigenvalue weighted by Crippen LogP contribution is -2.14. The van der Waals surface area contributed by atoms with E-state index in [9.17, 15) is 0 Å². The number of nitrogens with one attached hydrogen (secondary N) is 1. The topological polar surface area (TPSA) is 63.8 Å². The van der Waals surface area contributed by atoms with Gasteiger partial charge < -0.3 is 5.43 Å². The molecule has 88 valence electrons. The van der Waals surface area contributed by atoms with Gasteiger partial charge in [0.2, 0.25) is 0 Å². The van der Waals surface area contributed by atoms with Crippen molar-refractivity contribution in [2.24, 2.45) is 5.84 Å². The lowest BCUT2D eigenvalue weighted by atomic mass is 10.1. The van der Waals surface area contributed by atoms with E-state index in [1.807, 2.05) is 17.8 Å². The molecule has 0 saturated carbocycles. The minimum absolute atomic E-state index is 0.451. The number of hydrogen-bond acceptors (Lipinski definition) is 5. The minimum Gasteiger partial charge on any atom is -0.308 e. The van der Waals surface area contributed by atoms with Gasteiger partial charge in [-0.3, -0.25) is 0 Å². The zero-order valence-electron chi connectivity index (χ0n) is 9.57. The van der Waals surface area contributed by atoms with Gasteiger partial charge in [0.15, 0.2) is 0 Å². The van der Waals surface area contributed by atoms with Gasteiger partial charge in [0, 0.05) is 11.8 Å². The predicted molar refractivity (Wildman–Crippen MR) is 68.3 cm³/mol. The van der Waals surface area contributed by atoms with Gasteiger partial charge in [-0.2, -0.15) is 11.8 Å². The predicted octanol–water partition coefficient (Wildman–Crippen LogP) is 2.28. The van der Waals surface area contributed by atoms with Crippen molar-refractivity contribution in [2.45, 2.75) is 37.9 Å². The Bertz CT molecular complexity index is 328. The Labute approximate surface area is 100 Å². The molecule has 0 radical (unpaired) electrons. The molecule has 1 saturated heterocycles. The Kier molecular flexibility index (Phi) is 4.01. The molecule has 1 unspecified atom stereocenters. The third-order valence-corrected chi connectivity index (χ3v) is 4.15. The van der Waals surface area contributed by atoms with Crippen LogP contribution in [0.4, 0.5) is 5.82 Å². The molecule has 2 rings (SSSR count). The van der Waals surface area contributed by atoms with Gasteiger partial charge in [-0.05, 0) is 25.0 Å². The summed E-state index contributed by atoms with van der Waals surface area (Å²) in [6.45, 7) is 2.10. The average molecular weight is 238 g/mol. The fourth-order valence-corrected chi connectivity index (χ4v) is 3.10. The Hall–Kier alpha value is -0.810. The summed E-state index contributed by atoms with van der Waals surface area (Å²) in [6.07, 6.45) is 4.70. The van der Waals surface area contributed by atoms with E-state index in [0.29, 0.717) is 5.25 Å². The van der Waals surface area contributed by atoms with Crippen LogP contribution in [0, 0.1) is 0 Å². The fraction of sp³-hybridized carbons (Fsp3) is 0.636. The van der Waals surface area contributed by atoms with Crippen LogP contribution in [0.1, 0.15) is 43.0 Å². The number of nitrogens with zero attached hydrogens (tertiary/aromatic N) is 2. The first-order valence-electron chi connectivity index (χ1n) is 5.79. The molecule has 1 aliphatic rings. The van der Waals surface area contributed by atoms with E-state index in [1.54, 1.807) is 0 Å². The number of rotatable bonds is 3. The molecule has 0 amide bonds. The molecule has 1 fully saturated rings. The maximum absolute atomic E-state index is 5.42. The molecule has 3 N–H and O–H groups in total. The normalized spacial score (nSPS) is 20.8. The summed E-state index contributed by atoms with van der Waals surface area (Å²) in [6, 6.07) is 1.91. The largest absolute Gasteiger partial charge is 0.308 e. The zero-order valence-corrected chi connectivity index (χ0v) is 10.4. The Morgan fingerprint density at radius 1 is 1.50 bits per heavy atom. The van der Waals surface area contributed by atoms with Crippen molar-refractivity contribution in [3.05, 3.63) is 17.6 Å². The monoisotopic (exact) mass is 238 g/mol. The fourth-order valence-electron chi connectivity index (χ4n) is 1.86. The van der Waals surface area contributed by atoms with Gasteiger partial charge in [0.05, 0.1) is 5.25 Å². The highest BCUT2D eigenvalue weighted by Crippen LogP contribution is 2.36. The Morgan fingerprint density at radius 3 is 3.00 bits per heavy atom. The van der Waals surface area contributed by atoms with Crippen molar-refractivity contribution in [1.82, 2.24) is 9.97 Å². The van der Waals surface area contributed by atoms with Crippen LogP contribution in [0.3, 0.4) is 0 Å². The lowest BCUT2D eigenvalue weighted by molar-refractivity contribution is 0.659. The van der Waals surface area contributed by atoms with E-state index < -0.39 is 0 Å². The van der Waals surface area contributed by atoms with E-state index in [4.69, 9.17) is 5.84 Å². The molecule has 0 spiro atoms. The van der Waals surface area contributed by atoms with Gasteiger partial charge in [-0.1, -0.05) is 13.3 Å². The van der Waals surface area contributed by atoms with Gasteiger partial charge in [-0.25, -0.2) is 15.8 Å². The molecular weight excluding hydrogens is 220 g/mol. The van der Waals surface area contributed by atoms with Crippen LogP contribution in [0.15, 0.2) is 6.07 Å². The highest BCUT2D eigenvalue weighted by Gasteiger charge is 2.19. The van der Waals surface area contributed by atoms with Gasteiger partial charge in [0.1, 0.15) is 11.6 Å². The second-order valence-electron chi connectivity index (χ2n) is 3.96. The summed E-state index contributed by atoms with van der Waals surface area (Å²) in [5.41, 5.74) is 3.68. The Morgan fingerprint density at radius 2 is 2.38 bits per heavy atom. The van der Waals surface area contributed by atoms with E-state index in [0.717, 1.165) is 23.8 Å². The zero-order chi connectivity index (χ0) is 11.4. The number of thioether (sulfide) groups is 1. The SMILES string of the molecule is CCc1cc(NN)nc(C2CCCCS2)n1. The molecular formula is C11H18N4S. The summed E-state index contributed by atoms with van der Waals surface area (Å²) in [5.74, 6) is 8.31. The van der Waals surface area contributed by atoms with E-state index in [-0.39, 0.29) is 0 Å². The Balaban J connectivity index is 2.24. The van der Waals surface area contributed by atoms with Crippen LogP contribution >= 0.6 is 11.8 Å². The molecule has 0 aliphatic carbocycles. The summed E-state index contributed by atoms with van der Waals surface area (Å²) in [4.78, 5) is 9.05. The molecule has 1 aromatic rings. The molecule has 4 nitrogen and oxygen atoms in total. The molecule has 0 bridgehead atoms. The van der Waals surface area contributed by atoms with E-state index >= 15 is 0 Å². The van der Waals surface area contributed by atoms with Crippen molar-refractivity contribution in [1.29, 1.82) is 0 Å². The summed E-state index contributed by atoms with van der Waals surface area (Å²) in [5, 5.41) is 0.451. The van der Waals surface area contributed by atoms with Gasteiger partial charge in [-0.15, -0.1) is 0 Å². The number of hydrazine groups is 1. The molecule has 1 aliphatic heterocycles. The second-order valence-corrected chi connectivity index (χ2v) is 5.27. The van der Waals surface area contributed by atoms with Crippen LogP contribution in [0.25, 0.3) is 0 Å². The maximum Gasteiger partial charge on any atom is 0.143 e. The summed E-state index contributed by atoms with van der Waals surface area (Å²) in [7, 11) is 0. The smallest absolute Gasteiger partial charge is 0.143 e. The third-order valence-electron chi connectivity index (χ3n) is 2.77. The standard InChI is InChI=1S/C11H18N4S/c1-2-8-7-10(15-12)14-11(13-8)9-5-3-4-6-16-9/h7,9H,2-6,12H2,1H3,(H,13,14,15). The summed E-state index contributed by atoms with van der Waals surface area (Å²) >= 11 is 1.96. The number of anilines is 1. The molecule has 2 heterocycles. The number of hydrogen-bond donors (Lipinski definition) is 2. The van der Waals surface area contributed by atoms with Crippen LogP contribution in [0.5, 0.6) is 0 Å². The van der Waals surface area contributed by atoms with Gasteiger partial charge in [0.25, 0.3) is 0 Å².